The first-order valence-electron chi connectivity index (χ1n) is 9.87. The molecule has 1 heterocycles. The SMILES string of the molecule is O=C(NC(c1ccc(Cl)cc1)C1CC1)N1CCN(C(=O)c2cccc(F)c2)CC1. The largest absolute Gasteiger partial charge is 0.335 e. The van der Waals surface area contributed by atoms with E-state index in [4.69, 9.17) is 11.6 Å². The summed E-state index contributed by atoms with van der Waals surface area (Å²) in [5.74, 6) is -0.181. The molecule has 3 amide bonds. The maximum absolute atomic E-state index is 13.4. The van der Waals surface area contributed by atoms with Crippen LogP contribution in [0.5, 0.6) is 0 Å². The predicted octanol–water partition coefficient (Wildman–Crippen LogP) is 4.10. The normalized spacial score (nSPS) is 17.7. The molecule has 2 fully saturated rings. The van der Waals surface area contributed by atoms with Crippen molar-refractivity contribution in [3.63, 3.8) is 0 Å². The van der Waals surface area contributed by atoms with Crippen LogP contribution < -0.4 is 5.32 Å². The van der Waals surface area contributed by atoms with Crippen LogP contribution in [0.3, 0.4) is 0 Å². The van der Waals surface area contributed by atoms with Crippen LogP contribution in [0.4, 0.5) is 9.18 Å². The van der Waals surface area contributed by atoms with Crippen molar-refractivity contribution >= 4 is 23.5 Å². The van der Waals surface area contributed by atoms with Crippen molar-refractivity contribution in [3.05, 3.63) is 70.5 Å². The van der Waals surface area contributed by atoms with Gasteiger partial charge >= 0.3 is 6.03 Å². The van der Waals surface area contributed by atoms with Gasteiger partial charge in [-0.3, -0.25) is 4.79 Å². The molecule has 1 aliphatic carbocycles. The van der Waals surface area contributed by atoms with E-state index >= 15 is 0 Å². The lowest BCUT2D eigenvalue weighted by atomic mass is 10.0. The summed E-state index contributed by atoms with van der Waals surface area (Å²) in [4.78, 5) is 28.8. The summed E-state index contributed by atoms with van der Waals surface area (Å²) in [5, 5.41) is 3.83. The molecular weight excluding hydrogens is 393 g/mol. The molecule has 0 aromatic heterocycles. The van der Waals surface area contributed by atoms with Crippen molar-refractivity contribution in [1.82, 2.24) is 15.1 Å². The van der Waals surface area contributed by atoms with E-state index in [-0.39, 0.29) is 18.0 Å². The van der Waals surface area contributed by atoms with Gasteiger partial charge in [0, 0.05) is 36.8 Å². The summed E-state index contributed by atoms with van der Waals surface area (Å²) in [5.41, 5.74) is 1.39. The zero-order valence-corrected chi connectivity index (χ0v) is 16.7. The molecule has 4 rings (SSSR count). The Morgan fingerprint density at radius 1 is 1.00 bits per heavy atom. The number of nitrogens with zero attached hydrogens (tertiary/aromatic N) is 2. The van der Waals surface area contributed by atoms with Crippen LogP contribution in [0.1, 0.15) is 34.8 Å². The fourth-order valence-electron chi connectivity index (χ4n) is 3.71. The first kappa shape index (κ1) is 19.7. The topological polar surface area (TPSA) is 52.7 Å². The van der Waals surface area contributed by atoms with Gasteiger partial charge in [-0.15, -0.1) is 0 Å². The minimum atomic E-state index is -0.429. The molecule has 0 spiro atoms. The van der Waals surface area contributed by atoms with E-state index in [1.807, 2.05) is 24.3 Å². The average Bonchev–Trinajstić information content (AvgIpc) is 3.57. The third kappa shape index (κ3) is 4.70. The lowest BCUT2D eigenvalue weighted by molar-refractivity contribution is 0.0662. The summed E-state index contributed by atoms with van der Waals surface area (Å²) in [7, 11) is 0. The van der Waals surface area contributed by atoms with Crippen LogP contribution in [0.25, 0.3) is 0 Å². The van der Waals surface area contributed by atoms with Gasteiger partial charge in [0.1, 0.15) is 5.82 Å². The van der Waals surface area contributed by atoms with Crippen LogP contribution in [0.2, 0.25) is 5.02 Å². The van der Waals surface area contributed by atoms with E-state index in [2.05, 4.69) is 5.32 Å². The zero-order valence-electron chi connectivity index (χ0n) is 16.0. The van der Waals surface area contributed by atoms with Crippen molar-refractivity contribution < 1.29 is 14.0 Å². The van der Waals surface area contributed by atoms with Crippen molar-refractivity contribution in [1.29, 1.82) is 0 Å². The highest BCUT2D eigenvalue weighted by atomic mass is 35.5. The molecule has 0 bridgehead atoms. The van der Waals surface area contributed by atoms with Gasteiger partial charge in [0.2, 0.25) is 0 Å². The second kappa shape index (κ2) is 8.41. The van der Waals surface area contributed by atoms with Crippen molar-refractivity contribution in [2.45, 2.75) is 18.9 Å². The Morgan fingerprint density at radius 3 is 2.28 bits per heavy atom. The molecule has 5 nitrogen and oxygen atoms in total. The number of urea groups is 1. The molecule has 0 radical (unpaired) electrons. The maximum atomic E-state index is 13.4. The number of benzene rings is 2. The van der Waals surface area contributed by atoms with E-state index in [1.165, 1.54) is 18.2 Å². The smallest absolute Gasteiger partial charge is 0.318 e. The molecule has 1 aliphatic heterocycles. The minimum Gasteiger partial charge on any atom is -0.335 e. The first-order valence-corrected chi connectivity index (χ1v) is 10.2. The number of amides is 3. The summed E-state index contributed by atoms with van der Waals surface area (Å²) >= 11 is 5.98. The number of carbonyl (C=O) groups is 2. The van der Waals surface area contributed by atoms with Gasteiger partial charge in [-0.1, -0.05) is 29.8 Å². The lowest BCUT2D eigenvalue weighted by Gasteiger charge is -2.35. The van der Waals surface area contributed by atoms with Gasteiger partial charge in [0.05, 0.1) is 6.04 Å². The number of carbonyl (C=O) groups excluding carboxylic acids is 2. The minimum absolute atomic E-state index is 0.0216. The van der Waals surface area contributed by atoms with Crippen LogP contribution in [-0.4, -0.2) is 47.9 Å². The Labute approximate surface area is 174 Å². The Balaban J connectivity index is 1.35. The lowest BCUT2D eigenvalue weighted by Crippen LogP contribution is -2.53. The second-order valence-corrected chi connectivity index (χ2v) is 8.04. The molecule has 2 aromatic carbocycles. The molecule has 2 aromatic rings. The van der Waals surface area contributed by atoms with E-state index in [1.54, 1.807) is 15.9 Å². The first-order chi connectivity index (χ1) is 14.0. The Hall–Kier alpha value is -2.60. The molecular formula is C22H23ClFN3O2. The van der Waals surface area contributed by atoms with Crippen LogP contribution in [-0.2, 0) is 0 Å². The van der Waals surface area contributed by atoms with Gasteiger partial charge in [0.15, 0.2) is 0 Å². The summed E-state index contributed by atoms with van der Waals surface area (Å²) < 4.78 is 13.4. The monoisotopic (exact) mass is 415 g/mol. The molecule has 152 valence electrons. The molecule has 1 saturated heterocycles. The fourth-order valence-corrected chi connectivity index (χ4v) is 3.84. The number of rotatable bonds is 4. The molecule has 1 N–H and O–H groups in total. The molecule has 1 unspecified atom stereocenters. The quantitative estimate of drug-likeness (QED) is 0.817. The Morgan fingerprint density at radius 2 is 1.66 bits per heavy atom. The third-order valence-corrected chi connectivity index (χ3v) is 5.78. The molecule has 2 aliphatic rings. The highest BCUT2D eigenvalue weighted by Crippen LogP contribution is 2.41. The zero-order chi connectivity index (χ0) is 20.4. The molecule has 7 heteroatoms. The number of piperazine rings is 1. The number of halogens is 2. The molecule has 1 atom stereocenters. The number of nitrogens with one attached hydrogen (secondary N) is 1. The maximum Gasteiger partial charge on any atom is 0.318 e. The fraction of sp³-hybridized carbons (Fsp3) is 0.364. The number of hydrogen-bond acceptors (Lipinski definition) is 2. The van der Waals surface area contributed by atoms with Crippen molar-refractivity contribution in [2.75, 3.05) is 26.2 Å². The highest BCUT2D eigenvalue weighted by molar-refractivity contribution is 6.30. The Bertz CT molecular complexity index is 893. The van der Waals surface area contributed by atoms with E-state index in [0.717, 1.165) is 18.4 Å². The molecule has 1 saturated carbocycles. The van der Waals surface area contributed by atoms with E-state index in [9.17, 15) is 14.0 Å². The van der Waals surface area contributed by atoms with Crippen molar-refractivity contribution in [3.8, 4) is 0 Å². The van der Waals surface area contributed by atoms with E-state index < -0.39 is 5.82 Å². The van der Waals surface area contributed by atoms with Crippen LogP contribution in [0.15, 0.2) is 48.5 Å². The number of hydrogen-bond donors (Lipinski definition) is 1. The van der Waals surface area contributed by atoms with E-state index in [0.29, 0.717) is 42.7 Å². The predicted molar refractivity (Wildman–Crippen MR) is 109 cm³/mol. The highest BCUT2D eigenvalue weighted by Gasteiger charge is 2.35. The second-order valence-electron chi connectivity index (χ2n) is 7.61. The van der Waals surface area contributed by atoms with Gasteiger partial charge in [-0.25, -0.2) is 9.18 Å². The van der Waals surface area contributed by atoms with Gasteiger partial charge in [-0.05, 0) is 54.7 Å². The Kier molecular flexibility index (Phi) is 5.72. The average molecular weight is 416 g/mol. The van der Waals surface area contributed by atoms with Gasteiger partial charge in [0.25, 0.3) is 5.91 Å². The molecule has 29 heavy (non-hydrogen) atoms. The van der Waals surface area contributed by atoms with Gasteiger partial charge in [-0.2, -0.15) is 0 Å². The van der Waals surface area contributed by atoms with Gasteiger partial charge < -0.3 is 15.1 Å². The third-order valence-electron chi connectivity index (χ3n) is 5.53. The van der Waals surface area contributed by atoms with Crippen LogP contribution in [0, 0.1) is 11.7 Å². The van der Waals surface area contributed by atoms with Crippen molar-refractivity contribution in [2.24, 2.45) is 5.92 Å². The standard InChI is InChI=1S/C22H23ClFN3O2/c23-18-8-6-16(7-9-18)20(15-4-5-15)25-22(29)27-12-10-26(11-13-27)21(28)17-2-1-3-19(24)14-17/h1-3,6-9,14-15,20H,4-5,10-13H2,(H,25,29). The summed E-state index contributed by atoms with van der Waals surface area (Å²) in [6.45, 7) is 1.76. The van der Waals surface area contributed by atoms with Crippen LogP contribution >= 0.6 is 11.6 Å². The summed E-state index contributed by atoms with van der Waals surface area (Å²) in [6, 6.07) is 13.2. The summed E-state index contributed by atoms with van der Waals surface area (Å²) in [6.07, 6.45) is 2.20.